The van der Waals surface area contributed by atoms with Crippen molar-refractivity contribution in [3.8, 4) is 5.75 Å². The van der Waals surface area contributed by atoms with Gasteiger partial charge in [-0.05, 0) is 38.0 Å². The van der Waals surface area contributed by atoms with Crippen LogP contribution in [0.4, 0.5) is 4.39 Å². The zero-order chi connectivity index (χ0) is 15.4. The molecule has 1 aliphatic rings. The second-order valence-electron chi connectivity index (χ2n) is 5.18. The Morgan fingerprint density at radius 3 is 2.95 bits per heavy atom. The van der Waals surface area contributed by atoms with E-state index in [0.29, 0.717) is 24.3 Å². The predicted molar refractivity (Wildman–Crippen MR) is 76.5 cm³/mol. The SMILES string of the molecule is COc1ccc(F)cc1C(C)NC(=O)[C@@H]1CC[C@H](CN)O1. The van der Waals surface area contributed by atoms with E-state index in [1.165, 1.54) is 19.2 Å². The van der Waals surface area contributed by atoms with E-state index in [0.717, 1.165) is 6.42 Å². The number of methoxy groups -OCH3 is 1. The number of rotatable bonds is 5. The fourth-order valence-corrected chi connectivity index (χ4v) is 2.50. The van der Waals surface area contributed by atoms with Crippen molar-refractivity contribution in [2.45, 2.75) is 38.0 Å². The third-order valence-corrected chi connectivity index (χ3v) is 3.68. The summed E-state index contributed by atoms with van der Waals surface area (Å²) < 4.78 is 24.1. The Balaban J connectivity index is 2.02. The highest BCUT2D eigenvalue weighted by molar-refractivity contribution is 5.81. The monoisotopic (exact) mass is 296 g/mol. The minimum atomic E-state index is -0.486. The molecular weight excluding hydrogens is 275 g/mol. The summed E-state index contributed by atoms with van der Waals surface area (Å²) in [5.74, 6) is -0.0339. The molecule has 6 heteroatoms. The van der Waals surface area contributed by atoms with E-state index in [4.69, 9.17) is 15.2 Å². The van der Waals surface area contributed by atoms with Crippen molar-refractivity contribution in [1.82, 2.24) is 5.32 Å². The van der Waals surface area contributed by atoms with E-state index in [-0.39, 0.29) is 23.9 Å². The number of amides is 1. The quantitative estimate of drug-likeness (QED) is 0.864. The van der Waals surface area contributed by atoms with Crippen molar-refractivity contribution in [1.29, 1.82) is 0 Å². The summed E-state index contributed by atoms with van der Waals surface area (Å²) in [4.78, 5) is 12.2. The summed E-state index contributed by atoms with van der Waals surface area (Å²) in [5, 5.41) is 2.83. The van der Waals surface area contributed by atoms with Crippen LogP contribution in [0.3, 0.4) is 0 Å². The number of ether oxygens (including phenoxy) is 2. The number of benzene rings is 1. The molecule has 1 unspecified atom stereocenters. The Morgan fingerprint density at radius 2 is 2.33 bits per heavy atom. The molecule has 0 saturated carbocycles. The van der Waals surface area contributed by atoms with Crippen molar-refractivity contribution in [3.63, 3.8) is 0 Å². The lowest BCUT2D eigenvalue weighted by Gasteiger charge is -2.20. The van der Waals surface area contributed by atoms with Crippen LogP contribution in [0.1, 0.15) is 31.4 Å². The predicted octanol–water partition coefficient (Wildman–Crippen LogP) is 1.52. The molecule has 0 bridgehead atoms. The molecule has 1 saturated heterocycles. The fourth-order valence-electron chi connectivity index (χ4n) is 2.50. The number of nitrogens with two attached hydrogens (primary N) is 1. The Hall–Kier alpha value is -1.66. The number of carbonyl (C=O) groups excluding carboxylic acids is 1. The van der Waals surface area contributed by atoms with Crippen molar-refractivity contribution < 1.29 is 18.7 Å². The summed E-state index contributed by atoms with van der Waals surface area (Å²) in [6, 6.07) is 3.86. The minimum Gasteiger partial charge on any atom is -0.496 e. The van der Waals surface area contributed by atoms with Gasteiger partial charge >= 0.3 is 0 Å². The van der Waals surface area contributed by atoms with Gasteiger partial charge in [0, 0.05) is 12.1 Å². The summed E-state index contributed by atoms with van der Waals surface area (Å²) >= 11 is 0. The fraction of sp³-hybridized carbons (Fsp3) is 0.533. The Labute approximate surface area is 123 Å². The number of hydrogen-bond donors (Lipinski definition) is 2. The first-order valence-corrected chi connectivity index (χ1v) is 7.04. The normalized spacial score (nSPS) is 22.9. The Morgan fingerprint density at radius 1 is 1.57 bits per heavy atom. The van der Waals surface area contributed by atoms with Gasteiger partial charge in [-0.1, -0.05) is 0 Å². The molecule has 1 aromatic carbocycles. The van der Waals surface area contributed by atoms with Crippen LogP contribution in [0.25, 0.3) is 0 Å². The van der Waals surface area contributed by atoms with Crippen LogP contribution in [0.15, 0.2) is 18.2 Å². The van der Waals surface area contributed by atoms with Crippen molar-refractivity contribution in [2.24, 2.45) is 5.73 Å². The zero-order valence-corrected chi connectivity index (χ0v) is 12.3. The van der Waals surface area contributed by atoms with E-state index in [1.807, 2.05) is 0 Å². The number of carbonyl (C=O) groups is 1. The molecule has 1 fully saturated rings. The van der Waals surface area contributed by atoms with Gasteiger partial charge in [-0.3, -0.25) is 4.79 Å². The molecule has 0 aliphatic carbocycles. The van der Waals surface area contributed by atoms with E-state index >= 15 is 0 Å². The molecule has 5 nitrogen and oxygen atoms in total. The van der Waals surface area contributed by atoms with Crippen molar-refractivity contribution >= 4 is 5.91 Å². The summed E-state index contributed by atoms with van der Waals surface area (Å²) in [5.41, 5.74) is 6.12. The highest BCUT2D eigenvalue weighted by Crippen LogP contribution is 2.26. The average molecular weight is 296 g/mol. The van der Waals surface area contributed by atoms with Gasteiger partial charge in [0.2, 0.25) is 5.91 Å². The van der Waals surface area contributed by atoms with Crippen LogP contribution in [-0.2, 0) is 9.53 Å². The van der Waals surface area contributed by atoms with E-state index < -0.39 is 6.10 Å². The minimum absolute atomic E-state index is 0.0558. The number of halogens is 1. The van der Waals surface area contributed by atoms with Gasteiger partial charge in [0.05, 0.1) is 19.3 Å². The van der Waals surface area contributed by atoms with Crippen LogP contribution in [0.5, 0.6) is 5.75 Å². The molecule has 3 atom stereocenters. The number of hydrogen-bond acceptors (Lipinski definition) is 4. The Bertz CT molecular complexity index is 510. The first kappa shape index (κ1) is 15.7. The molecule has 1 amide bonds. The largest absolute Gasteiger partial charge is 0.496 e. The maximum Gasteiger partial charge on any atom is 0.249 e. The molecule has 116 valence electrons. The van der Waals surface area contributed by atoms with Gasteiger partial charge in [0.25, 0.3) is 0 Å². The zero-order valence-electron chi connectivity index (χ0n) is 12.3. The maximum absolute atomic E-state index is 13.4. The average Bonchev–Trinajstić information content (AvgIpc) is 2.96. The molecule has 1 aliphatic heterocycles. The van der Waals surface area contributed by atoms with E-state index in [9.17, 15) is 9.18 Å². The molecule has 0 aromatic heterocycles. The van der Waals surface area contributed by atoms with Gasteiger partial charge in [0.1, 0.15) is 17.7 Å². The van der Waals surface area contributed by atoms with Crippen molar-refractivity contribution in [3.05, 3.63) is 29.6 Å². The lowest BCUT2D eigenvalue weighted by Crippen LogP contribution is -2.37. The maximum atomic E-state index is 13.4. The van der Waals surface area contributed by atoms with Gasteiger partial charge in [-0.15, -0.1) is 0 Å². The second kappa shape index (κ2) is 6.87. The highest BCUT2D eigenvalue weighted by atomic mass is 19.1. The van der Waals surface area contributed by atoms with Crippen LogP contribution in [0.2, 0.25) is 0 Å². The topological polar surface area (TPSA) is 73.6 Å². The van der Waals surface area contributed by atoms with Gasteiger partial charge in [-0.25, -0.2) is 4.39 Å². The van der Waals surface area contributed by atoms with Gasteiger partial charge in [-0.2, -0.15) is 0 Å². The van der Waals surface area contributed by atoms with E-state index in [2.05, 4.69) is 5.32 Å². The lowest BCUT2D eigenvalue weighted by atomic mass is 10.1. The van der Waals surface area contributed by atoms with Crippen LogP contribution < -0.4 is 15.8 Å². The second-order valence-corrected chi connectivity index (χ2v) is 5.18. The van der Waals surface area contributed by atoms with Crippen LogP contribution in [0, 0.1) is 5.82 Å². The molecule has 21 heavy (non-hydrogen) atoms. The third kappa shape index (κ3) is 3.71. The lowest BCUT2D eigenvalue weighted by molar-refractivity contribution is -0.132. The summed E-state index contributed by atoms with van der Waals surface area (Å²) in [7, 11) is 1.51. The third-order valence-electron chi connectivity index (χ3n) is 3.68. The molecule has 1 aromatic rings. The molecular formula is C15H21FN2O3. The van der Waals surface area contributed by atoms with Crippen LogP contribution in [-0.4, -0.2) is 31.8 Å². The summed E-state index contributed by atoms with van der Waals surface area (Å²) in [6.07, 6.45) is 0.896. The first-order chi connectivity index (χ1) is 10.0. The highest BCUT2D eigenvalue weighted by Gasteiger charge is 2.30. The van der Waals surface area contributed by atoms with E-state index in [1.54, 1.807) is 13.0 Å². The van der Waals surface area contributed by atoms with Crippen molar-refractivity contribution in [2.75, 3.05) is 13.7 Å². The first-order valence-electron chi connectivity index (χ1n) is 7.04. The Kier molecular flexibility index (Phi) is 5.14. The molecule has 0 spiro atoms. The summed E-state index contributed by atoms with van der Waals surface area (Å²) in [6.45, 7) is 2.20. The smallest absolute Gasteiger partial charge is 0.249 e. The van der Waals surface area contributed by atoms with Crippen LogP contribution >= 0.6 is 0 Å². The standard InChI is InChI=1S/C15H21FN2O3/c1-9(12-7-10(16)3-5-13(12)20-2)18-15(19)14-6-4-11(8-17)21-14/h3,5,7,9,11,14H,4,6,8,17H2,1-2H3,(H,18,19)/t9?,11-,14+/m1/s1. The van der Waals surface area contributed by atoms with Gasteiger partial charge in [0.15, 0.2) is 0 Å². The molecule has 1 heterocycles. The molecule has 3 N–H and O–H groups in total. The van der Waals surface area contributed by atoms with Gasteiger partial charge < -0.3 is 20.5 Å². The molecule has 0 radical (unpaired) electrons. The molecule has 2 rings (SSSR count). The number of nitrogens with one attached hydrogen (secondary N) is 1.